The molecule has 3 heteroatoms. The third-order valence-corrected chi connectivity index (χ3v) is 4.98. The zero-order valence-electron chi connectivity index (χ0n) is 8.19. The van der Waals surface area contributed by atoms with Crippen LogP contribution in [-0.2, 0) is 9.47 Å². The van der Waals surface area contributed by atoms with Gasteiger partial charge in [-0.15, -0.1) is 0 Å². The van der Waals surface area contributed by atoms with Crippen molar-refractivity contribution in [2.45, 2.75) is 31.2 Å². The highest BCUT2D eigenvalue weighted by Crippen LogP contribution is 2.67. The standard InChI is InChI=1S/C11H16O3/c12-10-6-1-2-7-9(10)8(5-6)11(7)13-3-4-14-11/h6-10,12H,1-5H2/t6-,7-,8?,9?,10?/m0/s1. The van der Waals surface area contributed by atoms with Crippen molar-refractivity contribution in [1.82, 2.24) is 0 Å². The molecule has 0 aromatic rings. The highest BCUT2D eigenvalue weighted by atomic mass is 16.7. The molecule has 5 atom stereocenters. The summed E-state index contributed by atoms with van der Waals surface area (Å²) in [5, 5.41) is 10.0. The molecule has 0 aromatic heterocycles. The fraction of sp³-hybridized carbons (Fsp3) is 1.00. The van der Waals surface area contributed by atoms with Crippen molar-refractivity contribution in [1.29, 1.82) is 0 Å². The Morgan fingerprint density at radius 2 is 1.86 bits per heavy atom. The van der Waals surface area contributed by atoms with E-state index < -0.39 is 0 Å². The Labute approximate surface area is 83.4 Å². The number of hydrogen-bond donors (Lipinski definition) is 1. The molecule has 1 aliphatic heterocycles. The molecule has 1 heterocycles. The number of fused-ring (bicyclic) bond motifs is 3. The molecule has 3 aliphatic carbocycles. The van der Waals surface area contributed by atoms with Crippen molar-refractivity contribution < 1.29 is 14.6 Å². The summed E-state index contributed by atoms with van der Waals surface area (Å²) in [5.74, 6) is 1.76. The topological polar surface area (TPSA) is 38.7 Å². The van der Waals surface area contributed by atoms with Gasteiger partial charge in [-0.3, -0.25) is 0 Å². The average molecular weight is 196 g/mol. The maximum Gasteiger partial charge on any atom is 0.174 e. The highest BCUT2D eigenvalue weighted by Gasteiger charge is 2.72. The third-order valence-electron chi connectivity index (χ3n) is 4.98. The Balaban J connectivity index is 1.74. The van der Waals surface area contributed by atoms with Crippen LogP contribution in [0.25, 0.3) is 0 Å². The number of aliphatic hydroxyl groups excluding tert-OH is 1. The molecule has 3 unspecified atom stereocenters. The van der Waals surface area contributed by atoms with Crippen LogP contribution in [0.15, 0.2) is 0 Å². The minimum atomic E-state index is -0.253. The molecular formula is C11H16O3. The van der Waals surface area contributed by atoms with Crippen LogP contribution in [-0.4, -0.2) is 30.2 Å². The number of ether oxygens (including phenoxy) is 2. The molecule has 4 fully saturated rings. The van der Waals surface area contributed by atoms with Crippen molar-refractivity contribution in [3.8, 4) is 0 Å². The van der Waals surface area contributed by atoms with Gasteiger partial charge < -0.3 is 14.6 Å². The first-order valence-electron chi connectivity index (χ1n) is 5.79. The number of aliphatic hydroxyl groups is 1. The Kier molecular flexibility index (Phi) is 1.35. The Hall–Kier alpha value is -0.120. The van der Waals surface area contributed by atoms with E-state index in [1.54, 1.807) is 0 Å². The normalized spacial score (nSPS) is 57.6. The van der Waals surface area contributed by atoms with E-state index in [0.29, 0.717) is 23.7 Å². The lowest BCUT2D eigenvalue weighted by Crippen LogP contribution is -2.64. The van der Waals surface area contributed by atoms with Gasteiger partial charge in [0, 0.05) is 17.8 Å². The molecular weight excluding hydrogens is 180 g/mol. The molecule has 1 saturated heterocycles. The molecule has 14 heavy (non-hydrogen) atoms. The van der Waals surface area contributed by atoms with Gasteiger partial charge >= 0.3 is 0 Å². The Bertz CT molecular complexity index is 264. The zero-order chi connectivity index (χ0) is 9.34. The van der Waals surface area contributed by atoms with Gasteiger partial charge in [0.05, 0.1) is 19.3 Å². The second-order valence-electron chi connectivity index (χ2n) is 5.27. The van der Waals surface area contributed by atoms with E-state index in [0.717, 1.165) is 19.6 Å². The molecule has 78 valence electrons. The van der Waals surface area contributed by atoms with Crippen molar-refractivity contribution in [3.63, 3.8) is 0 Å². The predicted molar refractivity (Wildman–Crippen MR) is 48.5 cm³/mol. The van der Waals surface area contributed by atoms with E-state index >= 15 is 0 Å². The van der Waals surface area contributed by atoms with Gasteiger partial charge in [0.25, 0.3) is 0 Å². The van der Waals surface area contributed by atoms with Gasteiger partial charge in [-0.2, -0.15) is 0 Å². The fourth-order valence-corrected chi connectivity index (χ4v) is 4.50. The summed E-state index contributed by atoms with van der Waals surface area (Å²) in [4.78, 5) is 0. The molecule has 4 aliphatic rings. The molecule has 2 bridgehead atoms. The molecule has 1 spiro atoms. The van der Waals surface area contributed by atoms with Crippen LogP contribution in [0.1, 0.15) is 19.3 Å². The first kappa shape index (κ1) is 8.08. The molecule has 0 aromatic carbocycles. The van der Waals surface area contributed by atoms with Gasteiger partial charge in [0.2, 0.25) is 0 Å². The molecule has 3 nitrogen and oxygen atoms in total. The number of hydrogen-bond acceptors (Lipinski definition) is 3. The Morgan fingerprint density at radius 3 is 2.64 bits per heavy atom. The summed E-state index contributed by atoms with van der Waals surface area (Å²) in [6.07, 6.45) is 3.44. The summed E-state index contributed by atoms with van der Waals surface area (Å²) >= 11 is 0. The maximum atomic E-state index is 10.0. The smallest absolute Gasteiger partial charge is 0.174 e. The van der Waals surface area contributed by atoms with Crippen LogP contribution in [0.3, 0.4) is 0 Å². The van der Waals surface area contributed by atoms with Crippen LogP contribution < -0.4 is 0 Å². The molecule has 1 N–H and O–H groups in total. The highest BCUT2D eigenvalue weighted by molar-refractivity contribution is 5.16. The van der Waals surface area contributed by atoms with Gasteiger partial charge in [0.1, 0.15) is 0 Å². The van der Waals surface area contributed by atoms with E-state index in [-0.39, 0.29) is 11.9 Å². The number of rotatable bonds is 0. The Morgan fingerprint density at radius 1 is 1.07 bits per heavy atom. The van der Waals surface area contributed by atoms with Gasteiger partial charge in [-0.1, -0.05) is 0 Å². The summed E-state index contributed by atoms with van der Waals surface area (Å²) in [6.45, 7) is 1.50. The minimum absolute atomic E-state index is 0.0582. The van der Waals surface area contributed by atoms with Crippen molar-refractivity contribution in [2.24, 2.45) is 23.7 Å². The van der Waals surface area contributed by atoms with E-state index in [1.165, 1.54) is 12.8 Å². The predicted octanol–water partition coefficient (Wildman–Crippen LogP) is 0.766. The van der Waals surface area contributed by atoms with E-state index in [4.69, 9.17) is 9.47 Å². The van der Waals surface area contributed by atoms with Crippen LogP contribution in [0, 0.1) is 23.7 Å². The minimum Gasteiger partial charge on any atom is -0.393 e. The molecule has 0 amide bonds. The first-order chi connectivity index (χ1) is 6.83. The summed E-state index contributed by atoms with van der Waals surface area (Å²) in [5.41, 5.74) is 0. The lowest BCUT2D eigenvalue weighted by molar-refractivity contribution is -0.323. The van der Waals surface area contributed by atoms with Crippen molar-refractivity contribution in [3.05, 3.63) is 0 Å². The second kappa shape index (κ2) is 2.34. The van der Waals surface area contributed by atoms with Crippen LogP contribution in [0.2, 0.25) is 0 Å². The van der Waals surface area contributed by atoms with Crippen LogP contribution in [0.4, 0.5) is 0 Å². The maximum absolute atomic E-state index is 10.0. The zero-order valence-corrected chi connectivity index (χ0v) is 8.19. The SMILES string of the molecule is OC1C2C3C[C@@H]1CC[C@@H]2C31OCCO1. The largest absolute Gasteiger partial charge is 0.393 e. The third kappa shape index (κ3) is 0.668. The average Bonchev–Trinajstić information content (AvgIpc) is 2.65. The first-order valence-corrected chi connectivity index (χ1v) is 5.79. The van der Waals surface area contributed by atoms with Gasteiger partial charge in [-0.25, -0.2) is 0 Å². The van der Waals surface area contributed by atoms with Gasteiger partial charge in [0.15, 0.2) is 5.79 Å². The quantitative estimate of drug-likeness (QED) is 0.622. The van der Waals surface area contributed by atoms with Crippen LogP contribution in [0.5, 0.6) is 0 Å². The van der Waals surface area contributed by atoms with Crippen LogP contribution >= 0.6 is 0 Å². The molecule has 0 radical (unpaired) electrons. The van der Waals surface area contributed by atoms with E-state index in [2.05, 4.69) is 0 Å². The fourth-order valence-electron chi connectivity index (χ4n) is 4.50. The monoisotopic (exact) mass is 196 g/mol. The summed E-state index contributed by atoms with van der Waals surface area (Å²) in [7, 11) is 0. The lowest BCUT2D eigenvalue weighted by Gasteiger charge is -2.56. The van der Waals surface area contributed by atoms with Gasteiger partial charge in [-0.05, 0) is 25.2 Å². The summed E-state index contributed by atoms with van der Waals surface area (Å²) in [6, 6.07) is 0. The summed E-state index contributed by atoms with van der Waals surface area (Å²) < 4.78 is 11.7. The second-order valence-corrected chi connectivity index (χ2v) is 5.27. The van der Waals surface area contributed by atoms with E-state index in [1.807, 2.05) is 0 Å². The van der Waals surface area contributed by atoms with E-state index in [9.17, 15) is 5.11 Å². The molecule has 3 saturated carbocycles. The van der Waals surface area contributed by atoms with Crippen molar-refractivity contribution in [2.75, 3.05) is 13.2 Å². The van der Waals surface area contributed by atoms with Crippen molar-refractivity contribution >= 4 is 0 Å². The lowest BCUT2D eigenvalue weighted by atomic mass is 9.58. The molecule has 4 rings (SSSR count).